The molecular formula is C15H21NO4. The van der Waals surface area contributed by atoms with Crippen LogP contribution in [0.2, 0.25) is 0 Å². The van der Waals surface area contributed by atoms with Crippen molar-refractivity contribution in [3.05, 3.63) is 23.2 Å². The number of hydrogen-bond acceptors (Lipinski definition) is 4. The van der Waals surface area contributed by atoms with Crippen molar-refractivity contribution in [2.75, 3.05) is 13.7 Å². The third-order valence-electron chi connectivity index (χ3n) is 3.82. The molecule has 0 atom stereocenters. The van der Waals surface area contributed by atoms with E-state index in [1.165, 1.54) is 7.11 Å². The third kappa shape index (κ3) is 3.03. The van der Waals surface area contributed by atoms with Gasteiger partial charge in [0.05, 0.1) is 12.7 Å². The molecule has 1 fully saturated rings. The molecule has 20 heavy (non-hydrogen) atoms. The molecular weight excluding hydrogens is 258 g/mol. The Bertz CT molecular complexity index is 500. The van der Waals surface area contributed by atoms with Crippen LogP contribution < -0.4 is 0 Å². The SMILES string of the molecule is COC(=O)CN(C(=O)c1cc(C)oc1C)C1CCCC1. The summed E-state index contributed by atoms with van der Waals surface area (Å²) in [6, 6.07) is 1.85. The van der Waals surface area contributed by atoms with E-state index in [9.17, 15) is 9.59 Å². The number of furan rings is 1. The Labute approximate surface area is 118 Å². The maximum atomic E-state index is 12.7. The summed E-state index contributed by atoms with van der Waals surface area (Å²) >= 11 is 0. The highest BCUT2D eigenvalue weighted by Crippen LogP contribution is 2.26. The fourth-order valence-electron chi connectivity index (χ4n) is 2.78. The van der Waals surface area contributed by atoms with Crippen LogP contribution in [0, 0.1) is 13.8 Å². The lowest BCUT2D eigenvalue weighted by atomic mass is 10.1. The number of nitrogens with zero attached hydrogens (tertiary/aromatic N) is 1. The second-order valence-corrected chi connectivity index (χ2v) is 5.27. The van der Waals surface area contributed by atoms with Crippen molar-refractivity contribution >= 4 is 11.9 Å². The molecule has 0 aromatic carbocycles. The van der Waals surface area contributed by atoms with Crippen molar-refractivity contribution in [3.8, 4) is 0 Å². The average Bonchev–Trinajstić information content (AvgIpc) is 3.04. The van der Waals surface area contributed by atoms with Crippen LogP contribution in [0.5, 0.6) is 0 Å². The number of rotatable bonds is 4. The van der Waals surface area contributed by atoms with Crippen LogP contribution in [-0.2, 0) is 9.53 Å². The lowest BCUT2D eigenvalue weighted by Crippen LogP contribution is -2.42. The van der Waals surface area contributed by atoms with Gasteiger partial charge in [0.2, 0.25) is 0 Å². The molecule has 0 N–H and O–H groups in total. The monoisotopic (exact) mass is 279 g/mol. The van der Waals surface area contributed by atoms with E-state index in [0.717, 1.165) is 25.7 Å². The number of amides is 1. The van der Waals surface area contributed by atoms with Crippen LogP contribution in [0.3, 0.4) is 0 Å². The molecule has 1 amide bonds. The first kappa shape index (κ1) is 14.6. The van der Waals surface area contributed by atoms with E-state index in [2.05, 4.69) is 0 Å². The predicted octanol–water partition coefficient (Wildman–Crippen LogP) is 2.45. The predicted molar refractivity (Wildman–Crippen MR) is 73.5 cm³/mol. The van der Waals surface area contributed by atoms with E-state index in [0.29, 0.717) is 17.1 Å². The van der Waals surface area contributed by atoms with Crippen molar-refractivity contribution in [1.29, 1.82) is 0 Å². The minimum absolute atomic E-state index is 0.00364. The van der Waals surface area contributed by atoms with Gasteiger partial charge in [-0.1, -0.05) is 12.8 Å². The molecule has 110 valence electrons. The summed E-state index contributed by atoms with van der Waals surface area (Å²) in [4.78, 5) is 25.9. The third-order valence-corrected chi connectivity index (χ3v) is 3.82. The number of hydrogen-bond donors (Lipinski definition) is 0. The first-order chi connectivity index (χ1) is 9.52. The number of ether oxygens (including phenoxy) is 1. The summed E-state index contributed by atoms with van der Waals surface area (Å²) < 4.78 is 10.1. The second kappa shape index (κ2) is 6.11. The van der Waals surface area contributed by atoms with Gasteiger partial charge in [-0.2, -0.15) is 0 Å². The zero-order valence-corrected chi connectivity index (χ0v) is 12.3. The topological polar surface area (TPSA) is 59.8 Å². The fraction of sp³-hybridized carbons (Fsp3) is 0.600. The van der Waals surface area contributed by atoms with Gasteiger partial charge in [-0.15, -0.1) is 0 Å². The summed E-state index contributed by atoms with van der Waals surface area (Å²) in [5, 5.41) is 0. The van der Waals surface area contributed by atoms with Gasteiger partial charge in [0, 0.05) is 6.04 Å². The quantitative estimate of drug-likeness (QED) is 0.794. The molecule has 1 aliphatic rings. The zero-order valence-electron chi connectivity index (χ0n) is 12.3. The van der Waals surface area contributed by atoms with Crippen LogP contribution in [-0.4, -0.2) is 36.5 Å². The van der Waals surface area contributed by atoms with Gasteiger partial charge in [0.1, 0.15) is 18.1 Å². The Kier molecular flexibility index (Phi) is 4.47. The summed E-state index contributed by atoms with van der Waals surface area (Å²) in [5.41, 5.74) is 0.540. The molecule has 1 heterocycles. The molecule has 0 saturated heterocycles. The van der Waals surface area contributed by atoms with Gasteiger partial charge in [-0.3, -0.25) is 9.59 Å². The van der Waals surface area contributed by atoms with Gasteiger partial charge in [0.25, 0.3) is 5.91 Å². The average molecular weight is 279 g/mol. The molecule has 1 aliphatic carbocycles. The van der Waals surface area contributed by atoms with E-state index in [1.54, 1.807) is 17.9 Å². The summed E-state index contributed by atoms with van der Waals surface area (Å²) in [6.07, 6.45) is 4.08. The normalized spacial score (nSPS) is 15.3. The molecule has 0 bridgehead atoms. The number of esters is 1. The van der Waals surface area contributed by atoms with E-state index >= 15 is 0 Å². The Hall–Kier alpha value is -1.78. The van der Waals surface area contributed by atoms with Crippen LogP contribution in [0.1, 0.15) is 47.6 Å². The highest BCUT2D eigenvalue weighted by molar-refractivity contribution is 5.97. The van der Waals surface area contributed by atoms with E-state index in [-0.39, 0.29) is 24.5 Å². The fourth-order valence-corrected chi connectivity index (χ4v) is 2.78. The molecule has 5 nitrogen and oxygen atoms in total. The highest BCUT2D eigenvalue weighted by Gasteiger charge is 2.31. The van der Waals surface area contributed by atoms with Crippen molar-refractivity contribution in [3.63, 3.8) is 0 Å². The Balaban J connectivity index is 2.22. The number of methoxy groups -OCH3 is 1. The lowest BCUT2D eigenvalue weighted by molar-refractivity contribution is -0.141. The number of aryl methyl sites for hydroxylation is 2. The molecule has 1 saturated carbocycles. The maximum Gasteiger partial charge on any atom is 0.325 e. The van der Waals surface area contributed by atoms with Crippen LogP contribution in [0.15, 0.2) is 10.5 Å². The van der Waals surface area contributed by atoms with E-state index in [1.807, 2.05) is 6.92 Å². The van der Waals surface area contributed by atoms with Crippen molar-refractivity contribution in [2.45, 2.75) is 45.6 Å². The molecule has 0 aliphatic heterocycles. The molecule has 0 radical (unpaired) electrons. The minimum atomic E-state index is -0.386. The number of carbonyl (C=O) groups excluding carboxylic acids is 2. The summed E-state index contributed by atoms with van der Waals surface area (Å²) in [5.74, 6) is 0.774. The smallest absolute Gasteiger partial charge is 0.325 e. The van der Waals surface area contributed by atoms with E-state index in [4.69, 9.17) is 9.15 Å². The highest BCUT2D eigenvalue weighted by atomic mass is 16.5. The Morgan fingerprint density at radius 3 is 2.50 bits per heavy atom. The van der Waals surface area contributed by atoms with Crippen LogP contribution in [0.4, 0.5) is 0 Å². The van der Waals surface area contributed by atoms with Gasteiger partial charge in [-0.25, -0.2) is 0 Å². The van der Waals surface area contributed by atoms with E-state index < -0.39 is 0 Å². The largest absolute Gasteiger partial charge is 0.468 e. The molecule has 0 unspecified atom stereocenters. The van der Waals surface area contributed by atoms with Gasteiger partial charge in [-0.05, 0) is 32.8 Å². The van der Waals surface area contributed by atoms with Gasteiger partial charge >= 0.3 is 5.97 Å². The van der Waals surface area contributed by atoms with Gasteiger partial charge < -0.3 is 14.1 Å². The van der Waals surface area contributed by atoms with Gasteiger partial charge in [0.15, 0.2) is 0 Å². The maximum absolute atomic E-state index is 12.7. The van der Waals surface area contributed by atoms with Crippen LogP contribution >= 0.6 is 0 Å². The molecule has 5 heteroatoms. The number of carbonyl (C=O) groups is 2. The molecule has 2 rings (SSSR count). The first-order valence-corrected chi connectivity index (χ1v) is 6.97. The van der Waals surface area contributed by atoms with Crippen molar-refractivity contribution in [1.82, 2.24) is 4.90 Å². The molecule has 0 spiro atoms. The zero-order chi connectivity index (χ0) is 14.7. The Morgan fingerprint density at radius 2 is 2.00 bits per heavy atom. The molecule has 1 aromatic rings. The lowest BCUT2D eigenvalue weighted by Gasteiger charge is -2.27. The summed E-state index contributed by atoms with van der Waals surface area (Å²) in [6.45, 7) is 3.58. The Morgan fingerprint density at radius 1 is 1.35 bits per heavy atom. The standard InChI is InChI=1S/C15H21NO4/c1-10-8-13(11(2)20-10)15(18)16(9-14(17)19-3)12-6-4-5-7-12/h8,12H,4-7,9H2,1-3H3. The second-order valence-electron chi connectivity index (χ2n) is 5.27. The first-order valence-electron chi connectivity index (χ1n) is 6.97. The summed E-state index contributed by atoms with van der Waals surface area (Å²) in [7, 11) is 1.34. The molecule has 1 aromatic heterocycles. The minimum Gasteiger partial charge on any atom is -0.468 e. The van der Waals surface area contributed by atoms with Crippen molar-refractivity contribution < 1.29 is 18.7 Å². The van der Waals surface area contributed by atoms with Crippen LogP contribution in [0.25, 0.3) is 0 Å². The van der Waals surface area contributed by atoms with Crippen molar-refractivity contribution in [2.24, 2.45) is 0 Å².